The van der Waals surface area contributed by atoms with Crippen molar-refractivity contribution in [1.82, 2.24) is 10.0 Å². The topological polar surface area (TPSA) is 102 Å². The van der Waals surface area contributed by atoms with Crippen LogP contribution in [0, 0.1) is 5.92 Å². The molecular weight excluding hydrogens is 380 g/mol. The van der Waals surface area contributed by atoms with Crippen LogP contribution in [0.3, 0.4) is 0 Å². The predicted octanol–water partition coefficient (Wildman–Crippen LogP) is 1.88. The van der Waals surface area contributed by atoms with Crippen LogP contribution in [-0.4, -0.2) is 39.0 Å². The number of rotatable bonds is 9. The summed E-state index contributed by atoms with van der Waals surface area (Å²) in [5.41, 5.74) is 0. The summed E-state index contributed by atoms with van der Waals surface area (Å²) in [6.07, 6.45) is 0.419. The van der Waals surface area contributed by atoms with Crippen LogP contribution in [0.4, 0.5) is 0 Å². The molecule has 9 heteroatoms. The normalized spacial score (nSPS) is 13.7. The maximum Gasteiger partial charge on any atom is 0.325 e. The van der Waals surface area contributed by atoms with Gasteiger partial charge in [0.2, 0.25) is 10.0 Å². The maximum absolute atomic E-state index is 12.5. The van der Waals surface area contributed by atoms with Crippen molar-refractivity contribution in [2.24, 2.45) is 5.92 Å². The predicted molar refractivity (Wildman–Crippen MR) is 99.2 cm³/mol. The second kappa shape index (κ2) is 9.70. The van der Waals surface area contributed by atoms with E-state index in [9.17, 15) is 18.0 Å². The highest BCUT2D eigenvalue weighted by atomic mass is 35.5. The van der Waals surface area contributed by atoms with E-state index in [4.69, 9.17) is 16.3 Å². The molecule has 0 unspecified atom stereocenters. The smallest absolute Gasteiger partial charge is 0.325 e. The van der Waals surface area contributed by atoms with E-state index in [1.54, 1.807) is 13.8 Å². The van der Waals surface area contributed by atoms with Crippen LogP contribution >= 0.6 is 11.6 Å². The third-order valence-corrected chi connectivity index (χ3v) is 5.07. The van der Waals surface area contributed by atoms with Crippen LogP contribution in [0.1, 0.15) is 20.8 Å². The maximum atomic E-state index is 12.5. The summed E-state index contributed by atoms with van der Waals surface area (Å²) in [7, 11) is -3.99. The van der Waals surface area contributed by atoms with Gasteiger partial charge in [-0.05, 0) is 31.0 Å². The molecule has 0 aliphatic carbocycles. The summed E-state index contributed by atoms with van der Waals surface area (Å²) in [6.45, 7) is 8.43. The molecule has 1 aromatic rings. The molecule has 0 aromatic heterocycles. The number of carbonyl (C=O) groups excluding carboxylic acids is 2. The monoisotopic (exact) mass is 402 g/mol. The fraction of sp³-hybridized carbons (Fsp3) is 0.412. The minimum atomic E-state index is -3.99. The van der Waals surface area contributed by atoms with Crippen LogP contribution in [0.2, 0.25) is 5.02 Å². The van der Waals surface area contributed by atoms with E-state index in [0.29, 0.717) is 0 Å². The number of carbonyl (C=O) groups is 2. The fourth-order valence-corrected chi connectivity index (χ4v) is 3.58. The highest BCUT2D eigenvalue weighted by Gasteiger charge is 2.31. The first-order valence-electron chi connectivity index (χ1n) is 7.95. The molecule has 0 spiro atoms. The highest BCUT2D eigenvalue weighted by molar-refractivity contribution is 7.89. The summed E-state index contributed by atoms with van der Waals surface area (Å²) in [5, 5.41) is 2.75. The third-order valence-electron chi connectivity index (χ3n) is 3.39. The number of esters is 1. The van der Waals surface area contributed by atoms with Crippen molar-refractivity contribution in [2.45, 2.75) is 37.8 Å². The first-order valence-corrected chi connectivity index (χ1v) is 9.81. The Kier molecular flexibility index (Phi) is 8.26. The van der Waals surface area contributed by atoms with E-state index in [0.717, 1.165) is 0 Å². The second-order valence-corrected chi connectivity index (χ2v) is 8.06. The average molecular weight is 403 g/mol. The Balaban J connectivity index is 2.90. The lowest BCUT2D eigenvalue weighted by atomic mass is 10.1. The number of amides is 1. The van der Waals surface area contributed by atoms with E-state index >= 15 is 0 Å². The van der Waals surface area contributed by atoms with Crippen molar-refractivity contribution >= 4 is 33.5 Å². The van der Waals surface area contributed by atoms with E-state index in [1.165, 1.54) is 37.3 Å². The Labute approximate surface area is 158 Å². The summed E-state index contributed by atoms with van der Waals surface area (Å²) < 4.78 is 32.4. The summed E-state index contributed by atoms with van der Waals surface area (Å²) in [6, 6.07) is 4.51. The van der Waals surface area contributed by atoms with Crippen molar-refractivity contribution in [3.63, 3.8) is 0 Å². The average Bonchev–Trinajstić information content (AvgIpc) is 2.57. The lowest BCUT2D eigenvalue weighted by Crippen LogP contribution is -2.47. The number of benzene rings is 1. The molecule has 2 atom stereocenters. The fourth-order valence-electron chi connectivity index (χ4n) is 1.94. The van der Waals surface area contributed by atoms with Crippen LogP contribution in [-0.2, 0) is 24.3 Å². The SMILES string of the molecule is C=CCNC(=O)[C@H](C)OC(=O)[C@@H](NS(=O)(=O)c1cccc(Cl)c1)C(C)C. The molecule has 26 heavy (non-hydrogen) atoms. The van der Waals surface area contributed by atoms with E-state index in [2.05, 4.69) is 16.6 Å². The molecule has 0 bridgehead atoms. The van der Waals surface area contributed by atoms with Crippen molar-refractivity contribution in [2.75, 3.05) is 6.54 Å². The molecule has 1 aromatic carbocycles. The quantitative estimate of drug-likeness (QED) is 0.485. The van der Waals surface area contributed by atoms with Gasteiger partial charge in [0.05, 0.1) is 4.90 Å². The first-order chi connectivity index (χ1) is 12.1. The molecule has 0 fully saturated rings. The van der Waals surface area contributed by atoms with Gasteiger partial charge in [0.15, 0.2) is 6.10 Å². The number of hydrogen-bond donors (Lipinski definition) is 2. The van der Waals surface area contributed by atoms with E-state index in [-0.39, 0.29) is 16.5 Å². The highest BCUT2D eigenvalue weighted by Crippen LogP contribution is 2.17. The molecule has 0 aliphatic heterocycles. The zero-order valence-electron chi connectivity index (χ0n) is 14.9. The van der Waals surface area contributed by atoms with Gasteiger partial charge < -0.3 is 10.1 Å². The number of nitrogens with one attached hydrogen (secondary N) is 2. The van der Waals surface area contributed by atoms with Crippen LogP contribution in [0.15, 0.2) is 41.8 Å². The van der Waals surface area contributed by atoms with E-state index < -0.39 is 40.0 Å². The molecule has 0 saturated heterocycles. The second-order valence-electron chi connectivity index (χ2n) is 5.91. The Bertz CT molecular complexity index is 764. The van der Waals surface area contributed by atoms with Crippen LogP contribution in [0.5, 0.6) is 0 Å². The molecule has 0 aliphatic rings. The van der Waals surface area contributed by atoms with Gasteiger partial charge in [-0.2, -0.15) is 4.72 Å². The molecule has 2 N–H and O–H groups in total. The molecule has 0 heterocycles. The van der Waals surface area contributed by atoms with E-state index in [1.807, 2.05) is 0 Å². The molecule has 144 valence electrons. The zero-order valence-corrected chi connectivity index (χ0v) is 16.4. The lowest BCUT2D eigenvalue weighted by molar-refractivity contribution is -0.157. The Morgan fingerprint density at radius 1 is 1.31 bits per heavy atom. The van der Waals surface area contributed by atoms with Gasteiger partial charge >= 0.3 is 5.97 Å². The van der Waals surface area contributed by atoms with Crippen molar-refractivity contribution < 1.29 is 22.7 Å². The standard InChI is InChI=1S/C17H23ClN2O5S/c1-5-9-19-16(21)12(4)25-17(22)15(11(2)3)20-26(23,24)14-8-6-7-13(18)10-14/h5-8,10-12,15,20H,1,9H2,2-4H3,(H,19,21)/t12-,15-/m0/s1. The summed E-state index contributed by atoms with van der Waals surface area (Å²) >= 11 is 5.82. The minimum absolute atomic E-state index is 0.0692. The van der Waals surface area contributed by atoms with Crippen molar-refractivity contribution in [1.29, 1.82) is 0 Å². The largest absolute Gasteiger partial charge is 0.451 e. The van der Waals surface area contributed by atoms with Gasteiger partial charge in [-0.15, -0.1) is 6.58 Å². The molecule has 1 rings (SSSR count). The van der Waals surface area contributed by atoms with Gasteiger partial charge in [-0.1, -0.05) is 37.6 Å². The molecule has 0 saturated carbocycles. The Hall–Kier alpha value is -1.90. The van der Waals surface area contributed by atoms with Crippen LogP contribution < -0.4 is 10.0 Å². The number of hydrogen-bond acceptors (Lipinski definition) is 5. The number of sulfonamides is 1. The molecular formula is C17H23ClN2O5S. The van der Waals surface area contributed by atoms with Crippen molar-refractivity contribution in [3.8, 4) is 0 Å². The van der Waals surface area contributed by atoms with Gasteiger partial charge in [0, 0.05) is 11.6 Å². The zero-order chi connectivity index (χ0) is 19.9. The van der Waals surface area contributed by atoms with Crippen molar-refractivity contribution in [3.05, 3.63) is 41.9 Å². The van der Waals surface area contributed by atoms with Gasteiger partial charge in [0.1, 0.15) is 6.04 Å². The van der Waals surface area contributed by atoms with Gasteiger partial charge in [-0.25, -0.2) is 8.42 Å². The van der Waals surface area contributed by atoms with Gasteiger partial charge in [0.25, 0.3) is 5.91 Å². The Morgan fingerprint density at radius 2 is 1.96 bits per heavy atom. The summed E-state index contributed by atoms with van der Waals surface area (Å²) in [5.74, 6) is -1.75. The number of ether oxygens (including phenoxy) is 1. The lowest BCUT2D eigenvalue weighted by Gasteiger charge is -2.22. The van der Waals surface area contributed by atoms with Crippen LogP contribution in [0.25, 0.3) is 0 Å². The summed E-state index contributed by atoms with van der Waals surface area (Å²) in [4.78, 5) is 24.1. The molecule has 7 nitrogen and oxygen atoms in total. The molecule has 1 amide bonds. The Morgan fingerprint density at radius 3 is 2.50 bits per heavy atom. The number of halogens is 1. The third kappa shape index (κ3) is 6.44. The first kappa shape index (κ1) is 22.1. The minimum Gasteiger partial charge on any atom is -0.451 e. The van der Waals surface area contributed by atoms with Gasteiger partial charge in [-0.3, -0.25) is 9.59 Å². The molecule has 0 radical (unpaired) electrons.